The van der Waals surface area contributed by atoms with Crippen LogP contribution in [0.1, 0.15) is 31.4 Å². The lowest BCUT2D eigenvalue weighted by molar-refractivity contribution is 0.105. The van der Waals surface area contributed by atoms with E-state index in [0.717, 1.165) is 36.1 Å². The van der Waals surface area contributed by atoms with Crippen molar-refractivity contribution < 1.29 is 13.9 Å². The molecule has 3 heterocycles. The van der Waals surface area contributed by atoms with Crippen LogP contribution in [0.25, 0.3) is 0 Å². The second-order valence-electron chi connectivity index (χ2n) is 8.35. The summed E-state index contributed by atoms with van der Waals surface area (Å²) in [5, 5.41) is 13.3. The molecule has 2 fully saturated rings. The molecule has 178 valence electrons. The summed E-state index contributed by atoms with van der Waals surface area (Å²) in [4.78, 5) is 24.2. The molecule has 0 atom stereocenters. The van der Waals surface area contributed by atoms with E-state index in [2.05, 4.69) is 35.7 Å². The predicted octanol–water partition coefficient (Wildman–Crippen LogP) is 3.98. The number of amides is 1. The van der Waals surface area contributed by atoms with Crippen LogP contribution in [0.2, 0.25) is 0 Å². The number of nitrogens with zero attached hydrogens (tertiary/aromatic N) is 5. The highest BCUT2D eigenvalue weighted by Crippen LogP contribution is 2.39. The SMILES string of the molecule is CCOC(=O)N1CCN(c2cccc(Nc3ncc(F)c(Nc4cc(C5CC5)[nH]n4)n3)c2)CC1. The quantitative estimate of drug-likeness (QED) is 0.480. The first-order chi connectivity index (χ1) is 16.6. The molecule has 1 amide bonds. The molecule has 0 bridgehead atoms. The lowest BCUT2D eigenvalue weighted by atomic mass is 10.2. The Bertz CT molecular complexity index is 1160. The van der Waals surface area contributed by atoms with Gasteiger partial charge in [0.2, 0.25) is 5.95 Å². The second-order valence-corrected chi connectivity index (χ2v) is 8.35. The van der Waals surface area contributed by atoms with E-state index in [1.165, 1.54) is 0 Å². The van der Waals surface area contributed by atoms with Crippen molar-refractivity contribution in [3.05, 3.63) is 48.0 Å². The van der Waals surface area contributed by atoms with Crippen molar-refractivity contribution in [1.82, 2.24) is 25.1 Å². The molecular formula is C23H27FN8O2. The number of aromatic amines is 1. The Balaban J connectivity index is 1.24. The molecular weight excluding hydrogens is 439 g/mol. The third-order valence-corrected chi connectivity index (χ3v) is 5.88. The van der Waals surface area contributed by atoms with Gasteiger partial charge < -0.3 is 25.2 Å². The first-order valence-electron chi connectivity index (χ1n) is 11.5. The third kappa shape index (κ3) is 5.03. The first-order valence-corrected chi connectivity index (χ1v) is 11.5. The maximum absolute atomic E-state index is 14.3. The molecule has 2 aliphatic rings. The molecule has 1 aliphatic carbocycles. The minimum Gasteiger partial charge on any atom is -0.450 e. The number of ether oxygens (including phenoxy) is 1. The van der Waals surface area contributed by atoms with Crippen molar-refractivity contribution >= 4 is 35.1 Å². The number of piperazine rings is 1. The van der Waals surface area contributed by atoms with Crippen LogP contribution in [0.15, 0.2) is 36.5 Å². The zero-order valence-corrected chi connectivity index (χ0v) is 18.9. The smallest absolute Gasteiger partial charge is 0.409 e. The zero-order chi connectivity index (χ0) is 23.5. The van der Waals surface area contributed by atoms with Crippen molar-refractivity contribution in [3.8, 4) is 0 Å². The van der Waals surface area contributed by atoms with Crippen LogP contribution < -0.4 is 15.5 Å². The van der Waals surface area contributed by atoms with Gasteiger partial charge in [0.1, 0.15) is 0 Å². The maximum Gasteiger partial charge on any atom is 0.409 e. The van der Waals surface area contributed by atoms with Crippen molar-refractivity contribution in [2.75, 3.05) is 48.3 Å². The molecule has 0 unspecified atom stereocenters. The fourth-order valence-electron chi connectivity index (χ4n) is 3.91. The third-order valence-electron chi connectivity index (χ3n) is 5.88. The molecule has 11 heteroatoms. The molecule has 34 heavy (non-hydrogen) atoms. The van der Waals surface area contributed by atoms with Crippen LogP contribution in [0, 0.1) is 5.82 Å². The summed E-state index contributed by atoms with van der Waals surface area (Å²) in [7, 11) is 0. The van der Waals surface area contributed by atoms with Gasteiger partial charge in [-0.25, -0.2) is 14.2 Å². The van der Waals surface area contributed by atoms with E-state index in [0.29, 0.717) is 44.5 Å². The Morgan fingerprint density at radius 1 is 1.21 bits per heavy atom. The number of hydrogen-bond donors (Lipinski definition) is 3. The minimum absolute atomic E-state index is 0.0533. The average molecular weight is 467 g/mol. The van der Waals surface area contributed by atoms with E-state index in [4.69, 9.17) is 4.74 Å². The molecule has 5 rings (SSSR count). The number of nitrogens with one attached hydrogen (secondary N) is 3. The number of aromatic nitrogens is 4. The molecule has 1 aromatic carbocycles. The maximum atomic E-state index is 14.3. The molecule has 3 aromatic rings. The fourth-order valence-corrected chi connectivity index (χ4v) is 3.91. The summed E-state index contributed by atoms with van der Waals surface area (Å²) < 4.78 is 19.4. The van der Waals surface area contributed by atoms with Gasteiger partial charge in [0.05, 0.1) is 12.8 Å². The van der Waals surface area contributed by atoms with Gasteiger partial charge in [0.25, 0.3) is 0 Å². The van der Waals surface area contributed by atoms with Gasteiger partial charge in [0.15, 0.2) is 17.5 Å². The van der Waals surface area contributed by atoms with E-state index in [1.807, 2.05) is 30.3 Å². The molecule has 2 aromatic heterocycles. The van der Waals surface area contributed by atoms with Crippen molar-refractivity contribution in [2.45, 2.75) is 25.7 Å². The standard InChI is InChI=1S/C23H27FN8O2/c1-2-34-23(33)32-10-8-31(9-11-32)17-5-3-4-16(12-17)26-22-25-14-18(24)21(28-22)27-20-13-19(29-30-20)15-6-7-15/h3-5,12-15H,2,6-11H2,1H3,(H3,25,26,27,28,29,30). The number of rotatable bonds is 7. The summed E-state index contributed by atoms with van der Waals surface area (Å²) in [5.41, 5.74) is 2.84. The van der Waals surface area contributed by atoms with Gasteiger partial charge >= 0.3 is 6.09 Å². The molecule has 1 saturated carbocycles. The predicted molar refractivity (Wildman–Crippen MR) is 126 cm³/mol. The minimum atomic E-state index is -0.560. The zero-order valence-electron chi connectivity index (χ0n) is 18.9. The van der Waals surface area contributed by atoms with Gasteiger partial charge in [-0.05, 0) is 38.0 Å². The highest BCUT2D eigenvalue weighted by atomic mass is 19.1. The summed E-state index contributed by atoms with van der Waals surface area (Å²) >= 11 is 0. The molecule has 0 radical (unpaired) electrons. The van der Waals surface area contributed by atoms with Crippen molar-refractivity contribution in [3.63, 3.8) is 0 Å². The van der Waals surface area contributed by atoms with E-state index in [9.17, 15) is 9.18 Å². The average Bonchev–Trinajstić information content (AvgIpc) is 3.60. The van der Waals surface area contributed by atoms with E-state index in [-0.39, 0.29) is 17.9 Å². The summed E-state index contributed by atoms with van der Waals surface area (Å²) in [5.74, 6) is 0.809. The van der Waals surface area contributed by atoms with E-state index < -0.39 is 5.82 Å². The van der Waals surface area contributed by atoms with E-state index in [1.54, 1.807) is 11.8 Å². The Hall–Kier alpha value is -3.89. The van der Waals surface area contributed by atoms with Gasteiger partial charge in [-0.2, -0.15) is 10.1 Å². The summed E-state index contributed by atoms with van der Waals surface area (Å²) in [6, 6.07) is 9.71. The van der Waals surface area contributed by atoms with Gasteiger partial charge in [0, 0.05) is 55.2 Å². The topological polar surface area (TPSA) is 111 Å². The second kappa shape index (κ2) is 9.54. The molecule has 1 aliphatic heterocycles. The van der Waals surface area contributed by atoms with Crippen molar-refractivity contribution in [2.24, 2.45) is 0 Å². The normalized spacial score (nSPS) is 15.8. The largest absolute Gasteiger partial charge is 0.450 e. The number of anilines is 5. The van der Waals surface area contributed by atoms with Gasteiger partial charge in [-0.3, -0.25) is 5.10 Å². The van der Waals surface area contributed by atoms with E-state index >= 15 is 0 Å². The molecule has 10 nitrogen and oxygen atoms in total. The Morgan fingerprint density at radius 2 is 2.03 bits per heavy atom. The van der Waals surface area contributed by atoms with Gasteiger partial charge in [-0.15, -0.1) is 0 Å². The highest BCUT2D eigenvalue weighted by molar-refractivity contribution is 5.68. The lowest BCUT2D eigenvalue weighted by Gasteiger charge is -2.35. The molecule has 3 N–H and O–H groups in total. The number of carbonyl (C=O) groups excluding carboxylic acids is 1. The summed E-state index contributed by atoms with van der Waals surface area (Å²) in [6.07, 6.45) is 3.16. The van der Waals surface area contributed by atoms with Crippen LogP contribution in [0.5, 0.6) is 0 Å². The van der Waals surface area contributed by atoms with Crippen LogP contribution in [-0.2, 0) is 4.74 Å². The number of hydrogen-bond acceptors (Lipinski definition) is 8. The monoisotopic (exact) mass is 466 g/mol. The number of halogens is 1. The molecule has 0 spiro atoms. The highest BCUT2D eigenvalue weighted by Gasteiger charge is 2.26. The van der Waals surface area contributed by atoms with Crippen LogP contribution in [0.4, 0.5) is 38.1 Å². The number of H-pyrrole nitrogens is 1. The van der Waals surface area contributed by atoms with Gasteiger partial charge in [-0.1, -0.05) is 6.07 Å². The number of benzene rings is 1. The Morgan fingerprint density at radius 3 is 2.79 bits per heavy atom. The first kappa shape index (κ1) is 21.9. The Labute approximate surface area is 196 Å². The lowest BCUT2D eigenvalue weighted by Crippen LogP contribution is -2.49. The van der Waals surface area contributed by atoms with Crippen molar-refractivity contribution in [1.29, 1.82) is 0 Å². The summed E-state index contributed by atoms with van der Waals surface area (Å²) in [6.45, 7) is 4.79. The van der Waals surface area contributed by atoms with Crippen LogP contribution in [-0.4, -0.2) is 63.9 Å². The Kier molecular flexibility index (Phi) is 6.15. The fraction of sp³-hybridized carbons (Fsp3) is 0.391. The van der Waals surface area contributed by atoms with Crippen LogP contribution in [0.3, 0.4) is 0 Å². The number of carbonyl (C=O) groups is 1. The molecule has 1 saturated heterocycles. The van der Waals surface area contributed by atoms with Crippen LogP contribution >= 0.6 is 0 Å².